The summed E-state index contributed by atoms with van der Waals surface area (Å²) in [5.74, 6) is 0. The Kier molecular flexibility index (Phi) is 3.14. The first-order valence-electron chi connectivity index (χ1n) is 4.86. The fourth-order valence-corrected chi connectivity index (χ4v) is 3.09. The molecule has 14 heavy (non-hydrogen) atoms. The van der Waals surface area contributed by atoms with E-state index in [2.05, 4.69) is 25.5 Å². The molecule has 0 spiro atoms. The van der Waals surface area contributed by atoms with Crippen LogP contribution in [0.2, 0.25) is 5.28 Å². The van der Waals surface area contributed by atoms with Crippen LogP contribution in [0.15, 0.2) is 4.60 Å². The SMILES string of the molecule is NCCC1CCCc2c(Br)nc(Cl)n21. The molecule has 0 saturated heterocycles. The van der Waals surface area contributed by atoms with E-state index < -0.39 is 0 Å². The average molecular weight is 279 g/mol. The Morgan fingerprint density at radius 3 is 3.14 bits per heavy atom. The highest BCUT2D eigenvalue weighted by Crippen LogP contribution is 2.34. The predicted octanol–water partition coefficient (Wildman–Crippen LogP) is 2.53. The summed E-state index contributed by atoms with van der Waals surface area (Å²) in [6.45, 7) is 0.705. The molecule has 0 bridgehead atoms. The zero-order valence-corrected chi connectivity index (χ0v) is 10.2. The summed E-state index contributed by atoms with van der Waals surface area (Å²) in [4.78, 5) is 4.23. The van der Waals surface area contributed by atoms with Crippen molar-refractivity contribution in [3.63, 3.8) is 0 Å². The van der Waals surface area contributed by atoms with E-state index in [9.17, 15) is 0 Å². The minimum Gasteiger partial charge on any atom is -0.330 e. The van der Waals surface area contributed by atoms with Gasteiger partial charge in [0.15, 0.2) is 0 Å². The highest BCUT2D eigenvalue weighted by Gasteiger charge is 2.24. The summed E-state index contributed by atoms with van der Waals surface area (Å²) in [5.41, 5.74) is 6.81. The van der Waals surface area contributed by atoms with Gasteiger partial charge in [0.2, 0.25) is 5.28 Å². The van der Waals surface area contributed by atoms with E-state index in [1.807, 2.05) is 0 Å². The minimum atomic E-state index is 0.440. The topological polar surface area (TPSA) is 43.8 Å². The number of imidazole rings is 1. The fraction of sp³-hybridized carbons (Fsp3) is 0.667. The van der Waals surface area contributed by atoms with Crippen LogP contribution in [0.3, 0.4) is 0 Å². The van der Waals surface area contributed by atoms with Gasteiger partial charge >= 0.3 is 0 Å². The number of nitrogens with zero attached hydrogens (tertiary/aromatic N) is 2. The second-order valence-electron chi connectivity index (χ2n) is 3.61. The van der Waals surface area contributed by atoms with Gasteiger partial charge in [-0.3, -0.25) is 0 Å². The van der Waals surface area contributed by atoms with Gasteiger partial charge in [-0.25, -0.2) is 4.98 Å². The first-order chi connectivity index (χ1) is 6.74. The molecule has 2 N–H and O–H groups in total. The van der Waals surface area contributed by atoms with E-state index in [0.29, 0.717) is 17.9 Å². The summed E-state index contributed by atoms with van der Waals surface area (Å²) < 4.78 is 3.02. The van der Waals surface area contributed by atoms with Gasteiger partial charge in [0.25, 0.3) is 0 Å². The van der Waals surface area contributed by atoms with E-state index in [1.54, 1.807) is 0 Å². The largest absolute Gasteiger partial charge is 0.330 e. The summed E-state index contributed by atoms with van der Waals surface area (Å²) in [5, 5.41) is 0.588. The van der Waals surface area contributed by atoms with Crippen LogP contribution in [0.5, 0.6) is 0 Å². The van der Waals surface area contributed by atoms with Gasteiger partial charge in [-0.05, 0) is 59.8 Å². The Bertz CT molecular complexity index is 337. The van der Waals surface area contributed by atoms with Crippen molar-refractivity contribution in [2.24, 2.45) is 5.73 Å². The van der Waals surface area contributed by atoms with Crippen LogP contribution in [0.4, 0.5) is 0 Å². The summed E-state index contributed by atoms with van der Waals surface area (Å²) >= 11 is 9.51. The molecule has 0 aliphatic carbocycles. The van der Waals surface area contributed by atoms with Crippen LogP contribution >= 0.6 is 27.5 Å². The van der Waals surface area contributed by atoms with Crippen molar-refractivity contribution in [1.29, 1.82) is 0 Å². The molecule has 0 radical (unpaired) electrons. The van der Waals surface area contributed by atoms with E-state index in [-0.39, 0.29) is 0 Å². The van der Waals surface area contributed by atoms with Crippen molar-refractivity contribution in [3.8, 4) is 0 Å². The van der Waals surface area contributed by atoms with Gasteiger partial charge in [0.05, 0.1) is 5.69 Å². The first-order valence-corrected chi connectivity index (χ1v) is 6.03. The smallest absolute Gasteiger partial charge is 0.204 e. The Morgan fingerprint density at radius 1 is 1.64 bits per heavy atom. The fourth-order valence-electron chi connectivity index (χ4n) is 2.10. The standard InChI is InChI=1S/C9H13BrClN3/c10-8-7-3-1-2-6(4-5-12)14(7)9(11)13-8/h6H,1-5,12H2. The van der Waals surface area contributed by atoms with Gasteiger partial charge in [0, 0.05) is 6.04 Å². The molecule has 1 aliphatic heterocycles. The third-order valence-electron chi connectivity index (χ3n) is 2.73. The van der Waals surface area contributed by atoms with E-state index in [0.717, 1.165) is 23.9 Å². The Balaban J connectivity index is 2.37. The Morgan fingerprint density at radius 2 is 2.43 bits per heavy atom. The third-order valence-corrected chi connectivity index (χ3v) is 3.64. The lowest BCUT2D eigenvalue weighted by Crippen LogP contribution is -2.20. The van der Waals surface area contributed by atoms with E-state index in [4.69, 9.17) is 17.3 Å². The summed E-state index contributed by atoms with van der Waals surface area (Å²) in [6, 6.07) is 0.440. The van der Waals surface area contributed by atoms with Crippen LogP contribution in [-0.2, 0) is 6.42 Å². The molecule has 0 saturated carbocycles. The molecule has 1 atom stereocenters. The normalized spacial score (nSPS) is 20.9. The molecule has 78 valence electrons. The van der Waals surface area contributed by atoms with E-state index >= 15 is 0 Å². The molecule has 5 heteroatoms. The van der Waals surface area contributed by atoms with Crippen LogP contribution in [-0.4, -0.2) is 16.1 Å². The molecule has 0 amide bonds. The van der Waals surface area contributed by atoms with Gasteiger partial charge in [-0.1, -0.05) is 0 Å². The molecule has 1 unspecified atom stereocenters. The molecule has 1 aliphatic rings. The zero-order chi connectivity index (χ0) is 10.1. The second kappa shape index (κ2) is 4.21. The monoisotopic (exact) mass is 277 g/mol. The van der Waals surface area contributed by atoms with Crippen LogP contribution in [0.1, 0.15) is 31.0 Å². The molecule has 0 fully saturated rings. The lowest BCUT2D eigenvalue weighted by atomic mass is 10.0. The highest BCUT2D eigenvalue weighted by molar-refractivity contribution is 9.10. The maximum Gasteiger partial charge on any atom is 0.204 e. The number of fused-ring (bicyclic) bond motifs is 1. The van der Waals surface area contributed by atoms with Crippen LogP contribution in [0.25, 0.3) is 0 Å². The first kappa shape index (κ1) is 10.5. The molecule has 2 heterocycles. The minimum absolute atomic E-state index is 0.440. The summed E-state index contributed by atoms with van der Waals surface area (Å²) in [6.07, 6.45) is 4.40. The van der Waals surface area contributed by atoms with Crippen molar-refractivity contribution < 1.29 is 0 Å². The number of halogens is 2. The molecule has 1 aromatic heterocycles. The van der Waals surface area contributed by atoms with Crippen molar-refractivity contribution in [2.45, 2.75) is 31.7 Å². The zero-order valence-electron chi connectivity index (χ0n) is 7.84. The lowest BCUT2D eigenvalue weighted by molar-refractivity contribution is 0.383. The third kappa shape index (κ3) is 1.71. The Hall–Kier alpha value is -0.0600. The number of rotatable bonds is 2. The number of hydrogen-bond donors (Lipinski definition) is 1. The second-order valence-corrected chi connectivity index (χ2v) is 4.70. The van der Waals surface area contributed by atoms with Crippen molar-refractivity contribution in [1.82, 2.24) is 9.55 Å². The Labute approximate surface area is 96.8 Å². The maximum absolute atomic E-state index is 6.07. The van der Waals surface area contributed by atoms with Crippen molar-refractivity contribution in [2.75, 3.05) is 6.54 Å². The maximum atomic E-state index is 6.07. The molecular weight excluding hydrogens is 265 g/mol. The van der Waals surface area contributed by atoms with Crippen molar-refractivity contribution >= 4 is 27.5 Å². The van der Waals surface area contributed by atoms with Gasteiger partial charge in [-0.15, -0.1) is 0 Å². The number of aromatic nitrogens is 2. The van der Waals surface area contributed by atoms with Gasteiger partial charge in [0.1, 0.15) is 4.60 Å². The predicted molar refractivity (Wildman–Crippen MR) is 60.6 cm³/mol. The van der Waals surface area contributed by atoms with E-state index in [1.165, 1.54) is 12.1 Å². The average Bonchev–Trinajstić information content (AvgIpc) is 2.44. The highest BCUT2D eigenvalue weighted by atomic mass is 79.9. The number of hydrogen-bond acceptors (Lipinski definition) is 2. The van der Waals surface area contributed by atoms with Gasteiger partial charge in [-0.2, -0.15) is 0 Å². The molecule has 0 aromatic carbocycles. The summed E-state index contributed by atoms with van der Waals surface area (Å²) in [7, 11) is 0. The molecule has 3 nitrogen and oxygen atoms in total. The molecular formula is C9H13BrClN3. The lowest BCUT2D eigenvalue weighted by Gasteiger charge is -2.25. The number of nitrogens with two attached hydrogens (primary N) is 1. The van der Waals surface area contributed by atoms with Crippen molar-refractivity contribution in [3.05, 3.63) is 15.6 Å². The van der Waals surface area contributed by atoms with Crippen LogP contribution in [0, 0.1) is 0 Å². The quantitative estimate of drug-likeness (QED) is 0.903. The van der Waals surface area contributed by atoms with Gasteiger partial charge < -0.3 is 10.3 Å². The molecule has 2 rings (SSSR count). The molecule has 1 aromatic rings. The van der Waals surface area contributed by atoms with Crippen LogP contribution < -0.4 is 5.73 Å².